The first-order valence-corrected chi connectivity index (χ1v) is 18.3. The number of fused-ring (bicyclic) bond motifs is 6. The number of benzene rings is 8. The smallest absolute Gasteiger partial charge is 0.167 e. The summed E-state index contributed by atoms with van der Waals surface area (Å²) in [7, 11) is 0. The van der Waals surface area contributed by atoms with Crippen LogP contribution in [0.2, 0.25) is 0 Å². The Labute approximate surface area is 329 Å². The molecule has 0 bridgehead atoms. The van der Waals surface area contributed by atoms with E-state index in [0.717, 1.165) is 82.8 Å². The fourth-order valence-electron chi connectivity index (χ4n) is 7.53. The van der Waals surface area contributed by atoms with E-state index in [-0.39, 0.29) is 29.7 Å². The molecule has 0 radical (unpaired) electrons. The highest BCUT2D eigenvalue weighted by Crippen LogP contribution is 2.40. The molecule has 0 saturated carbocycles. The molecule has 0 aliphatic heterocycles. The summed E-state index contributed by atoms with van der Waals surface area (Å²) in [4.78, 5) is 15.2. The maximum Gasteiger partial charge on any atom is 0.167 e. The Hall–Kier alpha value is -7.63. The van der Waals surface area contributed by atoms with E-state index in [4.69, 9.17) is 30.6 Å². The van der Waals surface area contributed by atoms with E-state index in [9.17, 15) is 0 Å². The van der Waals surface area contributed by atoms with Crippen LogP contribution in [0.25, 0.3) is 111 Å². The van der Waals surface area contributed by atoms with Gasteiger partial charge in [-0.2, -0.15) is 0 Å². The van der Waals surface area contributed by atoms with E-state index >= 15 is 0 Å². The fourth-order valence-corrected chi connectivity index (χ4v) is 7.53. The molecule has 0 amide bonds. The molecule has 5 nitrogen and oxygen atoms in total. The highest BCUT2D eigenvalue weighted by molar-refractivity contribution is 6.13. The molecule has 0 spiro atoms. The van der Waals surface area contributed by atoms with Crippen molar-refractivity contribution in [2.45, 2.75) is 0 Å². The van der Waals surface area contributed by atoms with Crippen molar-refractivity contribution >= 4 is 43.9 Å². The molecule has 0 N–H and O–H groups in total. The van der Waals surface area contributed by atoms with Crippen molar-refractivity contribution in [1.82, 2.24) is 15.0 Å². The molecule has 5 heteroatoms. The second-order valence-corrected chi connectivity index (χ2v) is 13.6. The van der Waals surface area contributed by atoms with Gasteiger partial charge in [0.2, 0.25) is 0 Å². The Morgan fingerprint density at radius 1 is 0.357 bits per heavy atom. The van der Waals surface area contributed by atoms with E-state index in [2.05, 4.69) is 42.5 Å². The molecular formula is C51H31N3O2. The molecule has 262 valence electrons. The lowest BCUT2D eigenvalue weighted by molar-refractivity contribution is 0.668. The minimum Gasteiger partial charge on any atom is -0.456 e. The second-order valence-electron chi connectivity index (χ2n) is 13.6. The second kappa shape index (κ2) is 13.0. The largest absolute Gasteiger partial charge is 0.456 e. The lowest BCUT2D eigenvalue weighted by Crippen LogP contribution is -2.00. The average molecular weight is 723 g/mol. The van der Waals surface area contributed by atoms with Crippen LogP contribution < -0.4 is 0 Å². The first kappa shape index (κ1) is 27.0. The van der Waals surface area contributed by atoms with Gasteiger partial charge in [-0.05, 0) is 63.7 Å². The molecule has 0 unspecified atom stereocenters. The average Bonchev–Trinajstić information content (AvgIpc) is 3.89. The van der Waals surface area contributed by atoms with Gasteiger partial charge in [0.15, 0.2) is 17.5 Å². The van der Waals surface area contributed by atoms with Gasteiger partial charge in [-0.1, -0.05) is 158 Å². The third-order valence-electron chi connectivity index (χ3n) is 10.3. The van der Waals surface area contributed by atoms with Crippen molar-refractivity contribution in [3.63, 3.8) is 0 Å². The van der Waals surface area contributed by atoms with Crippen LogP contribution in [-0.4, -0.2) is 15.0 Å². The van der Waals surface area contributed by atoms with E-state index in [1.165, 1.54) is 0 Å². The first-order valence-electron chi connectivity index (χ1n) is 20.8. The number of hydrogen-bond acceptors (Lipinski definition) is 5. The van der Waals surface area contributed by atoms with Gasteiger partial charge in [-0.3, -0.25) is 0 Å². The summed E-state index contributed by atoms with van der Waals surface area (Å²) < 4.78 is 53.7. The number of para-hydroxylation sites is 2. The molecule has 0 aliphatic carbocycles. The van der Waals surface area contributed by atoms with Crippen LogP contribution in [0, 0.1) is 0 Å². The summed E-state index contributed by atoms with van der Waals surface area (Å²) in [6, 6.07) is 50.2. The molecule has 3 heterocycles. The third kappa shape index (κ3) is 5.45. The van der Waals surface area contributed by atoms with Gasteiger partial charge >= 0.3 is 0 Å². The Balaban J connectivity index is 0.960. The van der Waals surface area contributed by atoms with E-state index in [0.29, 0.717) is 23.0 Å². The van der Waals surface area contributed by atoms with Crippen LogP contribution in [-0.2, 0) is 0 Å². The normalized spacial score (nSPS) is 12.8. The Kier molecular flexibility index (Phi) is 6.29. The van der Waals surface area contributed by atoms with Gasteiger partial charge in [0.05, 0.1) is 12.4 Å². The van der Waals surface area contributed by atoms with Crippen molar-refractivity contribution in [2.24, 2.45) is 0 Å². The maximum atomic E-state index is 8.35. The zero-order valence-electron chi connectivity index (χ0n) is 34.7. The number of nitrogens with zero attached hydrogens (tertiary/aromatic N) is 3. The molecule has 11 rings (SSSR count). The lowest BCUT2D eigenvalue weighted by Gasteiger charge is -2.09. The monoisotopic (exact) mass is 722 g/mol. The SMILES string of the molecule is [2H]c1c([2H])c([2H])c(-c2ccc(-c3ccc(-c4ccc5c(c4)oc4cccc(-c6nc(-c7ccccc7)nc(-c7cccc8c7oc7ccccc78)n6)c45)cc3)cc2)c([2H])c1[2H]. The highest BCUT2D eigenvalue weighted by atomic mass is 16.3. The highest BCUT2D eigenvalue weighted by Gasteiger charge is 2.20. The van der Waals surface area contributed by atoms with Crippen LogP contribution in [0.15, 0.2) is 197 Å². The Bertz CT molecular complexity index is 3500. The first-order chi connectivity index (χ1) is 29.8. The summed E-state index contributed by atoms with van der Waals surface area (Å²) >= 11 is 0. The number of rotatable bonds is 6. The van der Waals surface area contributed by atoms with E-state index in [1.807, 2.05) is 103 Å². The van der Waals surface area contributed by atoms with Crippen LogP contribution in [0.5, 0.6) is 0 Å². The summed E-state index contributed by atoms with van der Waals surface area (Å²) in [6.45, 7) is 0. The summed E-state index contributed by atoms with van der Waals surface area (Å²) in [5.41, 5.74) is 10.1. The molecule has 0 atom stereocenters. The van der Waals surface area contributed by atoms with Crippen molar-refractivity contribution in [2.75, 3.05) is 0 Å². The molecule has 0 aliphatic rings. The predicted octanol–water partition coefficient (Wildman–Crippen LogP) is 13.7. The summed E-state index contributed by atoms with van der Waals surface area (Å²) in [5.74, 6) is 1.58. The van der Waals surface area contributed by atoms with Gasteiger partial charge in [0.25, 0.3) is 0 Å². The van der Waals surface area contributed by atoms with E-state index in [1.54, 1.807) is 12.1 Å². The lowest BCUT2D eigenvalue weighted by atomic mass is 9.97. The Morgan fingerprint density at radius 2 is 0.929 bits per heavy atom. The van der Waals surface area contributed by atoms with Crippen LogP contribution in [0.3, 0.4) is 0 Å². The van der Waals surface area contributed by atoms with Crippen molar-refractivity contribution in [3.05, 3.63) is 188 Å². The number of furan rings is 2. The van der Waals surface area contributed by atoms with Crippen molar-refractivity contribution in [3.8, 4) is 67.5 Å². The summed E-state index contributed by atoms with van der Waals surface area (Å²) in [5, 5.41) is 3.87. The van der Waals surface area contributed by atoms with Gasteiger partial charge in [0, 0.05) is 32.7 Å². The van der Waals surface area contributed by atoms with Crippen LogP contribution >= 0.6 is 0 Å². The fraction of sp³-hybridized carbons (Fsp3) is 0. The number of aromatic nitrogens is 3. The number of hydrogen-bond donors (Lipinski definition) is 0. The molecule has 8 aromatic carbocycles. The third-order valence-corrected chi connectivity index (χ3v) is 10.3. The molecule has 0 fully saturated rings. The minimum atomic E-state index is -0.402. The quantitative estimate of drug-likeness (QED) is 0.171. The van der Waals surface area contributed by atoms with Gasteiger partial charge in [-0.15, -0.1) is 0 Å². The molecule has 56 heavy (non-hydrogen) atoms. The predicted molar refractivity (Wildman–Crippen MR) is 227 cm³/mol. The maximum absolute atomic E-state index is 8.35. The summed E-state index contributed by atoms with van der Waals surface area (Å²) in [6.07, 6.45) is 0. The molecule has 0 saturated heterocycles. The molecular weight excluding hydrogens is 687 g/mol. The van der Waals surface area contributed by atoms with Gasteiger partial charge < -0.3 is 8.83 Å². The zero-order chi connectivity index (χ0) is 41.4. The zero-order valence-corrected chi connectivity index (χ0v) is 29.7. The minimum absolute atomic E-state index is 0.188. The topological polar surface area (TPSA) is 65.0 Å². The van der Waals surface area contributed by atoms with Crippen LogP contribution in [0.4, 0.5) is 0 Å². The van der Waals surface area contributed by atoms with Gasteiger partial charge in [-0.25, -0.2) is 15.0 Å². The van der Waals surface area contributed by atoms with Crippen molar-refractivity contribution < 1.29 is 15.7 Å². The molecule has 3 aromatic heterocycles. The Morgan fingerprint density at radius 3 is 1.70 bits per heavy atom. The van der Waals surface area contributed by atoms with E-state index < -0.39 is 6.04 Å². The van der Waals surface area contributed by atoms with Crippen LogP contribution in [0.1, 0.15) is 6.85 Å². The van der Waals surface area contributed by atoms with Crippen molar-refractivity contribution in [1.29, 1.82) is 0 Å². The molecule has 11 aromatic rings. The standard InChI is InChI=1S/C51H31N3O2/c1-3-11-32(12-4-1)33-21-23-34(24-22-33)35-25-27-36(28-26-35)38-29-30-41-46(31-38)55-45-20-10-17-42(47(41)45)50-52-49(37-13-5-2-6-14-37)53-51(54-50)43-18-9-16-40-39-15-7-8-19-44(39)56-48(40)43/h1-31H/i1D,3D,4D,11D,12D. The van der Waals surface area contributed by atoms with Gasteiger partial charge in [0.1, 0.15) is 22.3 Å².